The standard InChI is InChI=1S/C15H29O7PS/c1-9-6-12(18-5)14(20-9)8-19-23(16,24)22-15-10(2)13(7-17-4)21-11(15)3/h9-15H,6-8H2,1-5H3,(H,16,24)/p-1/t9-,10+,11-,12-,13+,14+,15+,23?/m0/s1. The maximum atomic E-state index is 12.5. The molecule has 0 saturated carbocycles. The summed E-state index contributed by atoms with van der Waals surface area (Å²) in [6.45, 7) is 2.70. The van der Waals surface area contributed by atoms with Crippen LogP contribution in [0, 0.1) is 5.92 Å². The average molecular weight is 383 g/mol. The van der Waals surface area contributed by atoms with E-state index in [9.17, 15) is 4.89 Å². The third kappa shape index (κ3) is 5.19. The molecule has 0 aromatic carbocycles. The highest BCUT2D eigenvalue weighted by molar-refractivity contribution is 8.06. The molecule has 9 heteroatoms. The van der Waals surface area contributed by atoms with Crippen molar-refractivity contribution in [2.24, 2.45) is 5.92 Å². The lowest BCUT2D eigenvalue weighted by atomic mass is 9.99. The Morgan fingerprint density at radius 1 is 1.12 bits per heavy atom. The molecule has 2 aliphatic heterocycles. The predicted molar refractivity (Wildman–Crippen MR) is 90.2 cm³/mol. The van der Waals surface area contributed by atoms with Crippen LogP contribution in [0.1, 0.15) is 27.2 Å². The quantitative estimate of drug-likeness (QED) is 0.580. The molecule has 2 saturated heterocycles. The van der Waals surface area contributed by atoms with E-state index in [-0.39, 0.29) is 43.0 Å². The first-order chi connectivity index (χ1) is 11.3. The number of hydrogen-bond donors (Lipinski definition) is 0. The van der Waals surface area contributed by atoms with Crippen molar-refractivity contribution in [1.82, 2.24) is 0 Å². The fourth-order valence-corrected chi connectivity index (χ4v) is 4.85. The van der Waals surface area contributed by atoms with Crippen LogP contribution in [0.4, 0.5) is 0 Å². The minimum absolute atomic E-state index is 0.00861. The van der Waals surface area contributed by atoms with Crippen LogP contribution in [-0.4, -0.2) is 64.1 Å². The summed E-state index contributed by atoms with van der Waals surface area (Å²) in [6, 6.07) is 0. The Hall–Kier alpha value is 0.370. The number of hydrogen-bond acceptors (Lipinski definition) is 8. The summed E-state index contributed by atoms with van der Waals surface area (Å²) < 4.78 is 33.0. The molecule has 2 fully saturated rings. The van der Waals surface area contributed by atoms with Crippen molar-refractivity contribution in [2.75, 3.05) is 27.4 Å². The first kappa shape index (κ1) is 20.7. The summed E-state index contributed by atoms with van der Waals surface area (Å²) in [4.78, 5) is 12.5. The van der Waals surface area contributed by atoms with Crippen LogP contribution >= 0.6 is 6.72 Å². The van der Waals surface area contributed by atoms with Crippen molar-refractivity contribution in [3.05, 3.63) is 0 Å². The van der Waals surface area contributed by atoms with Gasteiger partial charge in [0.15, 0.2) is 0 Å². The maximum Gasteiger partial charge on any atom is 0.116 e. The highest BCUT2D eigenvalue weighted by atomic mass is 32.5. The van der Waals surface area contributed by atoms with Gasteiger partial charge in [0.1, 0.15) is 12.8 Å². The lowest BCUT2D eigenvalue weighted by Crippen LogP contribution is -2.32. The van der Waals surface area contributed by atoms with Crippen LogP contribution in [0.25, 0.3) is 0 Å². The van der Waals surface area contributed by atoms with Crippen LogP contribution in [0.2, 0.25) is 0 Å². The second-order valence-corrected chi connectivity index (χ2v) is 9.21. The van der Waals surface area contributed by atoms with E-state index < -0.39 is 12.8 Å². The molecule has 24 heavy (non-hydrogen) atoms. The zero-order valence-electron chi connectivity index (χ0n) is 14.9. The van der Waals surface area contributed by atoms with E-state index in [0.29, 0.717) is 6.61 Å². The monoisotopic (exact) mass is 383 g/mol. The summed E-state index contributed by atoms with van der Waals surface area (Å²) in [7, 11) is 3.24. The van der Waals surface area contributed by atoms with Crippen LogP contribution in [-0.2, 0) is 39.8 Å². The molecular weight excluding hydrogens is 355 g/mol. The van der Waals surface area contributed by atoms with Crippen molar-refractivity contribution < 1.29 is 32.9 Å². The minimum atomic E-state index is -3.64. The van der Waals surface area contributed by atoms with E-state index >= 15 is 0 Å². The maximum absolute atomic E-state index is 12.5. The zero-order chi connectivity index (χ0) is 17.9. The molecule has 2 aliphatic rings. The van der Waals surface area contributed by atoms with Gasteiger partial charge in [-0.25, -0.2) is 0 Å². The normalized spacial score (nSPS) is 42.3. The fraction of sp³-hybridized carbons (Fsp3) is 1.00. The van der Waals surface area contributed by atoms with Crippen LogP contribution in [0.3, 0.4) is 0 Å². The Balaban J connectivity index is 1.88. The molecule has 0 N–H and O–H groups in total. The molecule has 0 aromatic heterocycles. The fourth-order valence-electron chi connectivity index (χ4n) is 3.31. The largest absolute Gasteiger partial charge is 0.780 e. The van der Waals surface area contributed by atoms with E-state index in [1.54, 1.807) is 14.2 Å². The third-order valence-electron chi connectivity index (χ3n) is 4.62. The number of methoxy groups -OCH3 is 2. The molecule has 2 rings (SSSR count). The Morgan fingerprint density at radius 3 is 2.46 bits per heavy atom. The molecule has 7 nitrogen and oxygen atoms in total. The van der Waals surface area contributed by atoms with E-state index in [4.69, 9.17) is 39.8 Å². The summed E-state index contributed by atoms with van der Waals surface area (Å²) >= 11 is 5.06. The average Bonchev–Trinajstić information content (AvgIpc) is 3.00. The number of ether oxygens (including phenoxy) is 4. The van der Waals surface area contributed by atoms with Gasteiger partial charge in [0.25, 0.3) is 0 Å². The summed E-state index contributed by atoms with van der Waals surface area (Å²) in [5.41, 5.74) is 0. The van der Waals surface area contributed by atoms with E-state index in [1.807, 2.05) is 20.8 Å². The van der Waals surface area contributed by atoms with Crippen molar-refractivity contribution in [3.63, 3.8) is 0 Å². The SMILES string of the molecule is COC[C@H]1O[C@@H](C)[C@H](OP([O-])(=S)OC[C@H]2O[C@@H](C)C[C@@H]2OC)[C@@H]1C. The highest BCUT2D eigenvalue weighted by Crippen LogP contribution is 2.46. The van der Waals surface area contributed by atoms with Gasteiger partial charge in [0.05, 0.1) is 43.7 Å². The van der Waals surface area contributed by atoms with Crippen LogP contribution < -0.4 is 4.89 Å². The molecule has 142 valence electrons. The molecule has 0 spiro atoms. The van der Waals surface area contributed by atoms with E-state index in [1.165, 1.54) is 0 Å². The first-order valence-electron chi connectivity index (χ1n) is 8.24. The van der Waals surface area contributed by atoms with Gasteiger partial charge in [-0.1, -0.05) is 18.7 Å². The second kappa shape index (κ2) is 8.84. The van der Waals surface area contributed by atoms with Gasteiger partial charge >= 0.3 is 0 Å². The zero-order valence-corrected chi connectivity index (χ0v) is 16.6. The Bertz CT molecular complexity index is 452. The lowest BCUT2D eigenvalue weighted by molar-refractivity contribution is -0.215. The minimum Gasteiger partial charge on any atom is -0.780 e. The molecule has 8 atom stereocenters. The summed E-state index contributed by atoms with van der Waals surface area (Å²) in [5, 5.41) is 0. The molecule has 0 bridgehead atoms. The van der Waals surface area contributed by atoms with Crippen molar-refractivity contribution in [3.8, 4) is 0 Å². The Morgan fingerprint density at radius 2 is 1.83 bits per heavy atom. The van der Waals surface area contributed by atoms with Gasteiger partial charge in [-0.2, -0.15) is 0 Å². The van der Waals surface area contributed by atoms with Gasteiger partial charge in [0, 0.05) is 26.6 Å². The smallest absolute Gasteiger partial charge is 0.116 e. The topological polar surface area (TPSA) is 78.4 Å². The number of rotatable bonds is 8. The second-order valence-electron chi connectivity index (χ2n) is 6.50. The molecule has 2 heterocycles. The van der Waals surface area contributed by atoms with Gasteiger partial charge in [-0.3, -0.25) is 0 Å². The van der Waals surface area contributed by atoms with E-state index in [2.05, 4.69) is 0 Å². The molecule has 1 unspecified atom stereocenters. The Kier molecular flexibility index (Phi) is 7.62. The van der Waals surface area contributed by atoms with Crippen molar-refractivity contribution >= 4 is 18.5 Å². The summed E-state index contributed by atoms with van der Waals surface area (Å²) in [5.74, 6) is 0.00861. The van der Waals surface area contributed by atoms with Gasteiger partial charge in [0.2, 0.25) is 0 Å². The van der Waals surface area contributed by atoms with Crippen molar-refractivity contribution in [2.45, 2.75) is 63.8 Å². The van der Waals surface area contributed by atoms with E-state index in [0.717, 1.165) is 6.42 Å². The van der Waals surface area contributed by atoms with Gasteiger partial charge in [-0.15, -0.1) is 0 Å². The van der Waals surface area contributed by atoms with Crippen molar-refractivity contribution in [1.29, 1.82) is 0 Å². The molecule has 0 radical (unpaired) electrons. The van der Waals surface area contributed by atoms with Crippen LogP contribution in [0.15, 0.2) is 0 Å². The Labute approximate surface area is 149 Å². The highest BCUT2D eigenvalue weighted by Gasteiger charge is 2.42. The third-order valence-corrected chi connectivity index (χ3v) is 6.17. The lowest BCUT2D eigenvalue weighted by Gasteiger charge is -2.34. The van der Waals surface area contributed by atoms with Gasteiger partial charge in [-0.05, 0) is 13.8 Å². The predicted octanol–water partition coefficient (Wildman–Crippen LogP) is 1.24. The first-order valence-corrected chi connectivity index (χ1v) is 10.8. The molecular formula is C15H28O7PS-. The van der Waals surface area contributed by atoms with Gasteiger partial charge < -0.3 is 32.9 Å². The summed E-state index contributed by atoms with van der Waals surface area (Å²) in [6.07, 6.45) is -0.260. The van der Waals surface area contributed by atoms with Crippen LogP contribution in [0.5, 0.6) is 0 Å². The molecule has 0 aromatic rings. The molecule has 0 aliphatic carbocycles. The molecule has 0 amide bonds.